The van der Waals surface area contributed by atoms with E-state index in [2.05, 4.69) is 4.90 Å². The lowest BCUT2D eigenvalue weighted by atomic mass is 9.98. The van der Waals surface area contributed by atoms with Crippen molar-refractivity contribution in [1.82, 2.24) is 4.90 Å². The molecule has 0 radical (unpaired) electrons. The van der Waals surface area contributed by atoms with Crippen LogP contribution in [0.3, 0.4) is 0 Å². The normalized spacial score (nSPS) is 19.9. The molecule has 1 aromatic rings. The first kappa shape index (κ1) is 14.8. The van der Waals surface area contributed by atoms with E-state index in [1.807, 2.05) is 0 Å². The van der Waals surface area contributed by atoms with Crippen molar-refractivity contribution < 1.29 is 19.7 Å². The Bertz CT molecular complexity index is 473. The van der Waals surface area contributed by atoms with E-state index in [1.54, 1.807) is 7.11 Å². The van der Waals surface area contributed by atoms with E-state index in [9.17, 15) is 15.0 Å². The Morgan fingerprint density at radius 1 is 1.40 bits per heavy atom. The van der Waals surface area contributed by atoms with E-state index >= 15 is 0 Å². The zero-order valence-corrected chi connectivity index (χ0v) is 11.7. The molecule has 1 atom stereocenters. The number of likely N-dealkylation sites (tertiary alicyclic amines) is 1. The fourth-order valence-electron chi connectivity index (χ4n) is 2.66. The minimum Gasteiger partial charge on any atom is -0.504 e. The standard InChI is InChI=1S/C15H21NO4/c1-20-10-11-3-2-6-16(8-11)9-15(19)12-4-5-13(17)14(18)7-12/h4-5,7,11,17-18H,2-3,6,8-10H2,1H3. The van der Waals surface area contributed by atoms with Crippen molar-refractivity contribution >= 4 is 5.78 Å². The first-order valence-electron chi connectivity index (χ1n) is 6.86. The summed E-state index contributed by atoms with van der Waals surface area (Å²) in [6.07, 6.45) is 2.21. The van der Waals surface area contributed by atoms with Crippen LogP contribution in [0.5, 0.6) is 11.5 Å². The van der Waals surface area contributed by atoms with Gasteiger partial charge in [-0.3, -0.25) is 9.69 Å². The molecule has 0 saturated carbocycles. The van der Waals surface area contributed by atoms with Gasteiger partial charge in [0, 0.05) is 19.2 Å². The molecule has 0 aromatic heterocycles. The van der Waals surface area contributed by atoms with E-state index in [-0.39, 0.29) is 17.3 Å². The van der Waals surface area contributed by atoms with Crippen molar-refractivity contribution in [2.75, 3.05) is 33.4 Å². The largest absolute Gasteiger partial charge is 0.504 e. The Morgan fingerprint density at radius 3 is 2.90 bits per heavy atom. The third-order valence-electron chi connectivity index (χ3n) is 3.67. The van der Waals surface area contributed by atoms with E-state index in [1.165, 1.54) is 18.2 Å². The number of carbonyl (C=O) groups is 1. The number of rotatable bonds is 5. The van der Waals surface area contributed by atoms with Gasteiger partial charge >= 0.3 is 0 Å². The van der Waals surface area contributed by atoms with Crippen LogP contribution in [0.25, 0.3) is 0 Å². The molecule has 0 bridgehead atoms. The van der Waals surface area contributed by atoms with Crippen molar-refractivity contribution in [3.05, 3.63) is 23.8 Å². The number of phenolic OH excluding ortho intramolecular Hbond substituents is 2. The minimum atomic E-state index is -0.258. The van der Waals surface area contributed by atoms with Gasteiger partial charge < -0.3 is 14.9 Å². The van der Waals surface area contributed by atoms with Crippen LogP contribution in [-0.4, -0.2) is 54.2 Å². The number of hydrogen-bond acceptors (Lipinski definition) is 5. The number of ether oxygens (including phenoxy) is 1. The molecule has 1 aromatic carbocycles. The average Bonchev–Trinajstić information content (AvgIpc) is 2.42. The summed E-state index contributed by atoms with van der Waals surface area (Å²) >= 11 is 0. The number of carbonyl (C=O) groups excluding carboxylic acids is 1. The number of Topliss-reactive ketones (excluding diaryl/α,β-unsaturated/α-hetero) is 1. The highest BCUT2D eigenvalue weighted by Gasteiger charge is 2.22. The molecule has 5 heteroatoms. The summed E-state index contributed by atoms with van der Waals surface area (Å²) in [6, 6.07) is 4.19. The van der Waals surface area contributed by atoms with Gasteiger partial charge in [-0.2, -0.15) is 0 Å². The Kier molecular flexibility index (Phi) is 4.98. The second-order valence-corrected chi connectivity index (χ2v) is 5.33. The molecule has 2 rings (SSSR count). The van der Waals surface area contributed by atoms with Gasteiger partial charge in [-0.15, -0.1) is 0 Å². The van der Waals surface area contributed by atoms with Crippen LogP contribution in [0.2, 0.25) is 0 Å². The van der Waals surface area contributed by atoms with E-state index in [0.717, 1.165) is 32.5 Å². The van der Waals surface area contributed by atoms with Crippen LogP contribution >= 0.6 is 0 Å². The van der Waals surface area contributed by atoms with Crippen LogP contribution in [0.4, 0.5) is 0 Å². The van der Waals surface area contributed by atoms with E-state index in [0.29, 0.717) is 18.0 Å². The van der Waals surface area contributed by atoms with Gasteiger partial charge in [0.05, 0.1) is 13.2 Å². The zero-order valence-electron chi connectivity index (χ0n) is 11.7. The molecule has 0 aliphatic carbocycles. The molecule has 1 saturated heterocycles. The summed E-state index contributed by atoms with van der Waals surface area (Å²) in [5.41, 5.74) is 0.425. The van der Waals surface area contributed by atoms with E-state index < -0.39 is 0 Å². The maximum absolute atomic E-state index is 12.2. The van der Waals surface area contributed by atoms with Crippen LogP contribution in [0.1, 0.15) is 23.2 Å². The molecule has 1 unspecified atom stereocenters. The predicted octanol–water partition coefficient (Wildman–Crippen LogP) is 1.64. The third kappa shape index (κ3) is 3.71. The second kappa shape index (κ2) is 6.72. The van der Waals surface area contributed by atoms with Gasteiger partial charge in [0.2, 0.25) is 0 Å². The molecule has 5 nitrogen and oxygen atoms in total. The Labute approximate surface area is 118 Å². The van der Waals surface area contributed by atoms with E-state index in [4.69, 9.17) is 4.74 Å². The molecule has 0 spiro atoms. The van der Waals surface area contributed by atoms with Crippen LogP contribution in [0.15, 0.2) is 18.2 Å². The summed E-state index contributed by atoms with van der Waals surface area (Å²) in [5.74, 6) is -0.0282. The summed E-state index contributed by atoms with van der Waals surface area (Å²) in [7, 11) is 1.70. The van der Waals surface area contributed by atoms with Gasteiger partial charge in [-0.1, -0.05) is 0 Å². The van der Waals surface area contributed by atoms with Gasteiger partial charge in [0.1, 0.15) is 0 Å². The monoisotopic (exact) mass is 279 g/mol. The first-order chi connectivity index (χ1) is 9.60. The molecule has 1 heterocycles. The van der Waals surface area contributed by atoms with Crippen molar-refractivity contribution in [2.45, 2.75) is 12.8 Å². The summed E-state index contributed by atoms with van der Waals surface area (Å²) < 4.78 is 5.18. The highest BCUT2D eigenvalue weighted by molar-refractivity contribution is 5.98. The van der Waals surface area contributed by atoms with Gasteiger partial charge in [0.25, 0.3) is 0 Å². The Balaban J connectivity index is 1.95. The number of hydrogen-bond donors (Lipinski definition) is 2. The van der Waals surface area contributed by atoms with Gasteiger partial charge in [-0.25, -0.2) is 0 Å². The highest BCUT2D eigenvalue weighted by Crippen LogP contribution is 2.25. The van der Waals surface area contributed by atoms with Crippen LogP contribution in [-0.2, 0) is 4.74 Å². The maximum Gasteiger partial charge on any atom is 0.176 e. The number of benzene rings is 1. The van der Waals surface area contributed by atoms with Crippen LogP contribution < -0.4 is 0 Å². The lowest BCUT2D eigenvalue weighted by molar-refractivity contribution is 0.0757. The van der Waals surface area contributed by atoms with Crippen molar-refractivity contribution in [1.29, 1.82) is 0 Å². The minimum absolute atomic E-state index is 0.0432. The van der Waals surface area contributed by atoms with Gasteiger partial charge in [0.15, 0.2) is 17.3 Å². The zero-order chi connectivity index (χ0) is 14.5. The highest BCUT2D eigenvalue weighted by atomic mass is 16.5. The number of ketones is 1. The lowest BCUT2D eigenvalue weighted by Gasteiger charge is -2.31. The maximum atomic E-state index is 12.2. The number of phenols is 2. The quantitative estimate of drug-likeness (QED) is 0.633. The third-order valence-corrected chi connectivity index (χ3v) is 3.67. The predicted molar refractivity (Wildman–Crippen MR) is 75.1 cm³/mol. The number of methoxy groups -OCH3 is 1. The average molecular weight is 279 g/mol. The Morgan fingerprint density at radius 2 is 2.20 bits per heavy atom. The Hall–Kier alpha value is -1.59. The van der Waals surface area contributed by atoms with Crippen molar-refractivity contribution in [3.8, 4) is 11.5 Å². The van der Waals surface area contributed by atoms with Crippen molar-refractivity contribution in [2.24, 2.45) is 5.92 Å². The SMILES string of the molecule is COCC1CCCN(CC(=O)c2ccc(O)c(O)c2)C1. The lowest BCUT2D eigenvalue weighted by Crippen LogP contribution is -2.40. The summed E-state index contributed by atoms with van der Waals surface area (Å²) in [4.78, 5) is 14.3. The van der Waals surface area contributed by atoms with Crippen LogP contribution in [0, 0.1) is 5.92 Å². The molecule has 20 heavy (non-hydrogen) atoms. The first-order valence-corrected chi connectivity index (χ1v) is 6.86. The molecular weight excluding hydrogens is 258 g/mol. The van der Waals surface area contributed by atoms with Gasteiger partial charge in [-0.05, 0) is 43.5 Å². The summed E-state index contributed by atoms with van der Waals surface area (Å²) in [5, 5.41) is 18.7. The molecule has 0 amide bonds. The topological polar surface area (TPSA) is 70.0 Å². The summed E-state index contributed by atoms with van der Waals surface area (Å²) in [6.45, 7) is 2.84. The smallest absolute Gasteiger partial charge is 0.176 e. The second-order valence-electron chi connectivity index (χ2n) is 5.33. The fourth-order valence-corrected chi connectivity index (χ4v) is 2.66. The number of piperidine rings is 1. The molecule has 110 valence electrons. The molecule has 1 fully saturated rings. The number of aromatic hydroxyl groups is 2. The fraction of sp³-hybridized carbons (Fsp3) is 0.533. The molecular formula is C15H21NO4. The molecule has 1 aliphatic heterocycles. The van der Waals surface area contributed by atoms with Crippen molar-refractivity contribution in [3.63, 3.8) is 0 Å². The molecule has 2 N–H and O–H groups in total. The molecule has 1 aliphatic rings. The number of nitrogens with zero attached hydrogens (tertiary/aromatic N) is 1.